The van der Waals surface area contributed by atoms with Crippen LogP contribution < -0.4 is 4.18 Å². The number of para-hydroxylation sites is 2. The molecule has 0 aliphatic carbocycles. The molecule has 0 aliphatic heterocycles. The minimum absolute atomic E-state index is 0.0610. The van der Waals surface area contributed by atoms with Gasteiger partial charge in [0.15, 0.2) is 0 Å². The number of halogens is 3. The maximum absolute atomic E-state index is 13.3. The van der Waals surface area contributed by atoms with Crippen molar-refractivity contribution in [2.45, 2.75) is 12.7 Å². The summed E-state index contributed by atoms with van der Waals surface area (Å²) in [6, 6.07) is 12.2. The molecule has 1 heterocycles. The summed E-state index contributed by atoms with van der Waals surface area (Å²) in [5, 5.41) is 0. The maximum atomic E-state index is 13.3. The third-order valence-electron chi connectivity index (χ3n) is 3.42. The van der Waals surface area contributed by atoms with Crippen LogP contribution in [-0.2, 0) is 22.8 Å². The lowest BCUT2D eigenvalue weighted by atomic mass is 10.2. The van der Waals surface area contributed by atoms with Crippen molar-refractivity contribution in [3.8, 4) is 5.75 Å². The van der Waals surface area contributed by atoms with Crippen LogP contribution in [0.5, 0.6) is 5.75 Å². The summed E-state index contributed by atoms with van der Waals surface area (Å²) in [7, 11) is -3.66. The number of rotatable bonds is 4. The average molecular weight is 370 g/mol. The van der Waals surface area contributed by atoms with E-state index in [0.717, 1.165) is 10.8 Å². The molecule has 3 aromatic rings. The summed E-state index contributed by atoms with van der Waals surface area (Å²) < 4.78 is 67.8. The largest absolute Gasteiger partial charge is 0.449 e. The van der Waals surface area contributed by atoms with Crippen LogP contribution >= 0.6 is 0 Å². The van der Waals surface area contributed by atoms with Gasteiger partial charge in [-0.25, -0.2) is 4.98 Å². The lowest BCUT2D eigenvalue weighted by Gasteiger charge is -2.12. The van der Waals surface area contributed by atoms with Gasteiger partial charge in [0.25, 0.3) is 0 Å². The predicted molar refractivity (Wildman–Crippen MR) is 85.8 cm³/mol. The van der Waals surface area contributed by atoms with E-state index in [9.17, 15) is 21.6 Å². The lowest BCUT2D eigenvalue weighted by Crippen LogP contribution is -2.15. The highest BCUT2D eigenvalue weighted by atomic mass is 32.2. The SMILES string of the molecule is CS(=O)(=O)Oc1ccc(Cn2c(C(F)(F)F)nc3ccccc32)cc1. The fourth-order valence-electron chi connectivity index (χ4n) is 2.46. The Morgan fingerprint density at radius 2 is 1.72 bits per heavy atom. The first-order valence-electron chi connectivity index (χ1n) is 7.14. The maximum Gasteiger partial charge on any atom is 0.449 e. The lowest BCUT2D eigenvalue weighted by molar-refractivity contribution is -0.146. The normalized spacial score (nSPS) is 12.5. The minimum Gasteiger partial charge on any atom is -0.383 e. The molecule has 0 amide bonds. The van der Waals surface area contributed by atoms with Crippen molar-refractivity contribution in [3.05, 3.63) is 59.9 Å². The van der Waals surface area contributed by atoms with Gasteiger partial charge in [0, 0.05) is 6.54 Å². The van der Waals surface area contributed by atoms with E-state index in [1.165, 1.54) is 30.3 Å². The molecule has 1 aromatic heterocycles. The zero-order valence-corrected chi connectivity index (χ0v) is 13.8. The summed E-state index contributed by atoms with van der Waals surface area (Å²) in [6.45, 7) is -0.0610. The second-order valence-electron chi connectivity index (χ2n) is 5.44. The molecule has 9 heteroatoms. The standard InChI is InChI=1S/C16H13F3N2O3S/c1-25(22,23)24-12-8-6-11(7-9-12)10-21-14-5-3-2-4-13(14)20-15(21)16(17,18)19/h2-9H,10H2,1H3. The van der Waals surface area contributed by atoms with Crippen molar-refractivity contribution < 1.29 is 25.8 Å². The van der Waals surface area contributed by atoms with Crippen LogP contribution in [0.25, 0.3) is 11.0 Å². The summed E-state index contributed by atoms with van der Waals surface area (Å²) in [5.74, 6) is -0.886. The van der Waals surface area contributed by atoms with Crippen molar-refractivity contribution in [1.82, 2.24) is 9.55 Å². The van der Waals surface area contributed by atoms with Crippen molar-refractivity contribution in [1.29, 1.82) is 0 Å². The molecule has 0 saturated carbocycles. The van der Waals surface area contributed by atoms with Crippen LogP contribution in [0.3, 0.4) is 0 Å². The first-order valence-corrected chi connectivity index (χ1v) is 8.96. The molecule has 0 N–H and O–H groups in total. The van der Waals surface area contributed by atoms with E-state index < -0.39 is 22.1 Å². The predicted octanol–water partition coefficient (Wildman–Crippen LogP) is 3.44. The van der Waals surface area contributed by atoms with Gasteiger partial charge in [-0.05, 0) is 29.8 Å². The second-order valence-corrected chi connectivity index (χ2v) is 7.01. The fourth-order valence-corrected chi connectivity index (χ4v) is 2.92. The number of aromatic nitrogens is 2. The molecule has 0 fully saturated rings. The number of benzene rings is 2. The summed E-state index contributed by atoms with van der Waals surface area (Å²) in [6.07, 6.45) is -3.67. The molecule has 2 aromatic carbocycles. The highest BCUT2D eigenvalue weighted by molar-refractivity contribution is 7.86. The molecule has 0 aliphatic rings. The van der Waals surface area contributed by atoms with Crippen molar-refractivity contribution in [2.24, 2.45) is 0 Å². The number of alkyl halides is 3. The molecule has 0 unspecified atom stereocenters. The smallest absolute Gasteiger partial charge is 0.383 e. The van der Waals surface area contributed by atoms with Crippen LogP contribution in [0.4, 0.5) is 13.2 Å². The number of hydrogen-bond acceptors (Lipinski definition) is 4. The van der Waals surface area contributed by atoms with E-state index in [-0.39, 0.29) is 17.8 Å². The summed E-state index contributed by atoms with van der Waals surface area (Å²) in [5.41, 5.74) is 1.17. The Bertz CT molecular complexity index is 1010. The molecule has 0 atom stereocenters. The van der Waals surface area contributed by atoms with Crippen molar-refractivity contribution >= 4 is 21.2 Å². The molecular formula is C16H13F3N2O3S. The van der Waals surface area contributed by atoms with Gasteiger partial charge in [0.2, 0.25) is 5.82 Å². The Morgan fingerprint density at radius 1 is 1.08 bits per heavy atom. The van der Waals surface area contributed by atoms with E-state index in [2.05, 4.69) is 4.98 Å². The van der Waals surface area contributed by atoms with Gasteiger partial charge in [-0.1, -0.05) is 24.3 Å². The Labute approximate surface area is 141 Å². The summed E-state index contributed by atoms with van der Waals surface area (Å²) in [4.78, 5) is 3.68. The van der Waals surface area contributed by atoms with Crippen LogP contribution in [0.15, 0.2) is 48.5 Å². The summed E-state index contributed by atoms with van der Waals surface area (Å²) >= 11 is 0. The van der Waals surface area contributed by atoms with Gasteiger partial charge < -0.3 is 8.75 Å². The monoisotopic (exact) mass is 370 g/mol. The van der Waals surface area contributed by atoms with E-state index in [4.69, 9.17) is 4.18 Å². The zero-order chi connectivity index (χ0) is 18.2. The minimum atomic E-state index is -4.58. The number of nitrogens with zero attached hydrogens (tertiary/aromatic N) is 2. The first-order chi connectivity index (χ1) is 11.6. The molecule has 5 nitrogen and oxygen atoms in total. The van der Waals surface area contributed by atoms with Crippen molar-refractivity contribution in [3.63, 3.8) is 0 Å². The van der Waals surface area contributed by atoms with Gasteiger partial charge in [-0.3, -0.25) is 0 Å². The molecule has 25 heavy (non-hydrogen) atoms. The van der Waals surface area contributed by atoms with Gasteiger partial charge in [-0.15, -0.1) is 0 Å². The van der Waals surface area contributed by atoms with E-state index in [1.807, 2.05) is 0 Å². The molecule has 0 spiro atoms. The topological polar surface area (TPSA) is 61.2 Å². The van der Waals surface area contributed by atoms with Gasteiger partial charge in [0.05, 0.1) is 17.3 Å². The molecule has 3 rings (SSSR count). The highest BCUT2D eigenvalue weighted by Gasteiger charge is 2.37. The van der Waals surface area contributed by atoms with Crippen LogP contribution in [0.2, 0.25) is 0 Å². The fraction of sp³-hybridized carbons (Fsp3) is 0.188. The first kappa shape index (κ1) is 17.3. The Balaban J connectivity index is 1.97. The molecular weight excluding hydrogens is 357 g/mol. The molecule has 0 radical (unpaired) electrons. The van der Waals surface area contributed by atoms with Gasteiger partial charge in [0.1, 0.15) is 5.75 Å². The van der Waals surface area contributed by atoms with Crippen LogP contribution in [-0.4, -0.2) is 24.2 Å². The highest BCUT2D eigenvalue weighted by Crippen LogP contribution is 2.32. The quantitative estimate of drug-likeness (QED) is 0.660. The number of fused-ring (bicyclic) bond motifs is 1. The molecule has 0 bridgehead atoms. The van der Waals surface area contributed by atoms with Gasteiger partial charge in [-0.2, -0.15) is 21.6 Å². The number of hydrogen-bond donors (Lipinski definition) is 0. The van der Waals surface area contributed by atoms with Crippen LogP contribution in [0.1, 0.15) is 11.4 Å². The van der Waals surface area contributed by atoms with Crippen LogP contribution in [0, 0.1) is 0 Å². The van der Waals surface area contributed by atoms with E-state index >= 15 is 0 Å². The van der Waals surface area contributed by atoms with E-state index in [1.54, 1.807) is 18.2 Å². The third-order valence-corrected chi connectivity index (χ3v) is 3.91. The second kappa shape index (κ2) is 6.07. The van der Waals surface area contributed by atoms with Gasteiger partial charge >= 0.3 is 16.3 Å². The zero-order valence-electron chi connectivity index (χ0n) is 13.0. The average Bonchev–Trinajstić information content (AvgIpc) is 2.87. The Kier molecular flexibility index (Phi) is 4.19. The molecule has 132 valence electrons. The number of imidazole rings is 1. The molecule has 0 saturated heterocycles. The third kappa shape index (κ3) is 3.93. The van der Waals surface area contributed by atoms with E-state index in [0.29, 0.717) is 11.1 Å². The Morgan fingerprint density at radius 3 is 2.32 bits per heavy atom. The Hall–Kier alpha value is -2.55. The van der Waals surface area contributed by atoms with Crippen molar-refractivity contribution in [2.75, 3.05) is 6.26 Å².